The highest BCUT2D eigenvalue weighted by Crippen LogP contribution is 2.35. The molecule has 2 atom stereocenters. The lowest BCUT2D eigenvalue weighted by Gasteiger charge is -2.30. The number of hydrogen-bond acceptors (Lipinski definition) is 3. The van der Waals surface area contributed by atoms with E-state index in [2.05, 4.69) is 46.0 Å². The lowest BCUT2D eigenvalue weighted by molar-refractivity contribution is -0.141. The first-order valence-electron chi connectivity index (χ1n) is 8.62. The van der Waals surface area contributed by atoms with Gasteiger partial charge >= 0.3 is 5.97 Å². The third-order valence-corrected chi connectivity index (χ3v) is 3.65. The Morgan fingerprint density at radius 1 is 1.22 bits per heavy atom. The number of aliphatic hydroxyl groups is 1. The quantitative estimate of drug-likeness (QED) is 0.421. The van der Waals surface area contributed by atoms with E-state index in [4.69, 9.17) is 0 Å². The van der Waals surface area contributed by atoms with Gasteiger partial charge in [-0.05, 0) is 50.5 Å². The molecule has 0 aromatic heterocycles. The SMILES string of the molecule is C/C(=C\C(C)(C)CC(C)(C)C)CC(CCNCC(C)O)C(=O)O. The zero-order valence-electron chi connectivity index (χ0n) is 16.1. The van der Waals surface area contributed by atoms with Crippen LogP contribution in [-0.4, -0.2) is 35.4 Å². The first-order valence-corrected chi connectivity index (χ1v) is 8.62. The topological polar surface area (TPSA) is 69.6 Å². The minimum atomic E-state index is -0.745. The molecule has 0 aromatic carbocycles. The summed E-state index contributed by atoms with van der Waals surface area (Å²) in [5.41, 5.74) is 1.45. The number of carboxylic acid groups (broad SMARTS) is 1. The van der Waals surface area contributed by atoms with Crippen LogP contribution in [0.3, 0.4) is 0 Å². The molecular formula is C19H37NO3. The lowest BCUT2D eigenvalue weighted by Crippen LogP contribution is -2.28. The van der Waals surface area contributed by atoms with Gasteiger partial charge in [0.15, 0.2) is 0 Å². The number of aliphatic carboxylic acids is 1. The van der Waals surface area contributed by atoms with Crippen molar-refractivity contribution in [2.24, 2.45) is 16.7 Å². The van der Waals surface area contributed by atoms with Crippen molar-refractivity contribution in [3.8, 4) is 0 Å². The summed E-state index contributed by atoms with van der Waals surface area (Å²) in [6, 6.07) is 0. The van der Waals surface area contributed by atoms with Gasteiger partial charge in [-0.15, -0.1) is 0 Å². The maximum absolute atomic E-state index is 11.5. The molecule has 3 N–H and O–H groups in total. The Bertz CT molecular complexity index is 392. The first-order chi connectivity index (χ1) is 10.3. The Labute approximate surface area is 142 Å². The van der Waals surface area contributed by atoms with E-state index in [0.717, 1.165) is 12.0 Å². The van der Waals surface area contributed by atoms with Crippen LogP contribution in [-0.2, 0) is 4.79 Å². The van der Waals surface area contributed by atoms with E-state index >= 15 is 0 Å². The van der Waals surface area contributed by atoms with Gasteiger partial charge in [0.05, 0.1) is 12.0 Å². The van der Waals surface area contributed by atoms with Gasteiger partial charge in [0, 0.05) is 6.54 Å². The zero-order chi connectivity index (χ0) is 18.3. The number of nitrogens with one attached hydrogen (secondary N) is 1. The van der Waals surface area contributed by atoms with Crippen molar-refractivity contribution >= 4 is 5.97 Å². The predicted octanol–water partition coefficient (Wildman–Crippen LogP) is 3.85. The summed E-state index contributed by atoms with van der Waals surface area (Å²) in [5.74, 6) is -1.12. The van der Waals surface area contributed by atoms with Crippen LogP contribution in [0.5, 0.6) is 0 Å². The fraction of sp³-hybridized carbons (Fsp3) is 0.842. The molecule has 0 fully saturated rings. The predicted molar refractivity (Wildman–Crippen MR) is 96.5 cm³/mol. The number of carboxylic acids is 1. The minimum absolute atomic E-state index is 0.0654. The highest BCUT2D eigenvalue weighted by atomic mass is 16.4. The van der Waals surface area contributed by atoms with Crippen LogP contribution in [0.4, 0.5) is 0 Å². The number of carbonyl (C=O) groups is 1. The molecule has 0 amide bonds. The Morgan fingerprint density at radius 2 is 1.78 bits per heavy atom. The summed E-state index contributed by atoms with van der Waals surface area (Å²) in [6.45, 7) is 16.0. The zero-order valence-corrected chi connectivity index (χ0v) is 16.1. The van der Waals surface area contributed by atoms with E-state index in [1.165, 1.54) is 0 Å². The molecule has 2 unspecified atom stereocenters. The lowest BCUT2D eigenvalue weighted by atomic mass is 9.75. The first kappa shape index (κ1) is 22.1. The molecule has 0 aliphatic heterocycles. The van der Waals surface area contributed by atoms with E-state index in [1.807, 2.05) is 6.92 Å². The molecule has 0 radical (unpaired) electrons. The van der Waals surface area contributed by atoms with E-state index in [-0.39, 0.29) is 16.7 Å². The molecule has 0 aliphatic carbocycles. The van der Waals surface area contributed by atoms with Crippen LogP contribution in [0.15, 0.2) is 11.6 Å². The van der Waals surface area contributed by atoms with Crippen molar-refractivity contribution in [3.63, 3.8) is 0 Å². The van der Waals surface area contributed by atoms with Crippen LogP contribution < -0.4 is 5.32 Å². The number of rotatable bonds is 10. The Kier molecular flexibility index (Phi) is 9.07. The monoisotopic (exact) mass is 327 g/mol. The van der Waals surface area contributed by atoms with Crippen molar-refractivity contribution in [1.29, 1.82) is 0 Å². The molecule has 0 rings (SSSR count). The Hall–Kier alpha value is -0.870. The van der Waals surface area contributed by atoms with Crippen LogP contribution in [0, 0.1) is 16.7 Å². The summed E-state index contributed by atoms with van der Waals surface area (Å²) in [4.78, 5) is 11.5. The highest BCUT2D eigenvalue weighted by Gasteiger charge is 2.24. The molecule has 0 saturated heterocycles. The average molecular weight is 328 g/mol. The van der Waals surface area contributed by atoms with Gasteiger partial charge in [-0.3, -0.25) is 4.79 Å². The van der Waals surface area contributed by atoms with Crippen molar-refractivity contribution in [3.05, 3.63) is 11.6 Å². The summed E-state index contributed by atoms with van der Waals surface area (Å²) >= 11 is 0. The Morgan fingerprint density at radius 3 is 2.22 bits per heavy atom. The van der Waals surface area contributed by atoms with Gasteiger partial charge in [0.25, 0.3) is 0 Å². The molecule has 0 heterocycles. The minimum Gasteiger partial charge on any atom is -0.481 e. The number of hydrogen-bond donors (Lipinski definition) is 3. The van der Waals surface area contributed by atoms with Gasteiger partial charge in [-0.2, -0.15) is 0 Å². The van der Waals surface area contributed by atoms with E-state index in [0.29, 0.717) is 25.9 Å². The van der Waals surface area contributed by atoms with Crippen molar-refractivity contribution in [2.45, 2.75) is 73.8 Å². The third kappa shape index (κ3) is 12.2. The second-order valence-electron chi connectivity index (χ2n) is 8.80. The standard InChI is InChI=1S/C19H37NO3/c1-14(11-19(6,7)13-18(3,4)5)10-16(17(22)23)8-9-20-12-15(2)21/h11,15-16,20-21H,8-10,12-13H2,1-7H3,(H,22,23)/b14-11+. The second kappa shape index (κ2) is 9.43. The molecular weight excluding hydrogens is 290 g/mol. The van der Waals surface area contributed by atoms with Gasteiger partial charge in [0.2, 0.25) is 0 Å². The van der Waals surface area contributed by atoms with Crippen molar-refractivity contribution in [1.82, 2.24) is 5.32 Å². The molecule has 0 saturated carbocycles. The normalized spacial score (nSPS) is 16.3. The molecule has 4 nitrogen and oxygen atoms in total. The molecule has 4 heteroatoms. The summed E-state index contributed by atoms with van der Waals surface area (Å²) < 4.78 is 0. The fourth-order valence-electron chi connectivity index (χ4n) is 3.43. The maximum atomic E-state index is 11.5. The number of allylic oxidation sites excluding steroid dienone is 2. The van der Waals surface area contributed by atoms with Gasteiger partial charge in [-0.1, -0.05) is 46.3 Å². The van der Waals surface area contributed by atoms with E-state index in [1.54, 1.807) is 6.92 Å². The maximum Gasteiger partial charge on any atom is 0.306 e. The van der Waals surface area contributed by atoms with Crippen LogP contribution in [0.25, 0.3) is 0 Å². The van der Waals surface area contributed by atoms with Crippen molar-refractivity contribution in [2.75, 3.05) is 13.1 Å². The summed E-state index contributed by atoms with van der Waals surface area (Å²) in [5, 5.41) is 21.7. The smallest absolute Gasteiger partial charge is 0.306 e. The Balaban J connectivity index is 4.62. The molecule has 136 valence electrons. The molecule has 0 spiro atoms. The van der Waals surface area contributed by atoms with E-state index < -0.39 is 12.1 Å². The molecule has 23 heavy (non-hydrogen) atoms. The second-order valence-corrected chi connectivity index (χ2v) is 8.80. The summed E-state index contributed by atoms with van der Waals surface area (Å²) in [7, 11) is 0. The van der Waals surface area contributed by atoms with E-state index in [9.17, 15) is 15.0 Å². The number of aliphatic hydroxyl groups excluding tert-OH is 1. The van der Waals surface area contributed by atoms with Gasteiger partial charge in [0.1, 0.15) is 0 Å². The van der Waals surface area contributed by atoms with Crippen molar-refractivity contribution < 1.29 is 15.0 Å². The van der Waals surface area contributed by atoms with Crippen LogP contribution in [0.1, 0.15) is 67.7 Å². The van der Waals surface area contributed by atoms with Crippen LogP contribution in [0.2, 0.25) is 0 Å². The molecule has 0 aliphatic rings. The molecule has 0 aromatic rings. The fourth-order valence-corrected chi connectivity index (χ4v) is 3.43. The van der Waals surface area contributed by atoms with Gasteiger partial charge < -0.3 is 15.5 Å². The summed E-state index contributed by atoms with van der Waals surface area (Å²) in [6.07, 6.45) is 4.05. The average Bonchev–Trinajstić information content (AvgIpc) is 2.28. The molecule has 0 bridgehead atoms. The van der Waals surface area contributed by atoms with Gasteiger partial charge in [-0.25, -0.2) is 0 Å². The van der Waals surface area contributed by atoms with Crippen LogP contribution >= 0.6 is 0 Å². The third-order valence-electron chi connectivity index (χ3n) is 3.65. The largest absolute Gasteiger partial charge is 0.481 e. The highest BCUT2D eigenvalue weighted by molar-refractivity contribution is 5.70.